The molecule has 0 spiro atoms. The maximum absolute atomic E-state index is 13.1. The molecule has 1 aliphatic carbocycles. The number of amides is 3. The minimum absolute atomic E-state index is 0.149. The second-order valence-electron chi connectivity index (χ2n) is 9.76. The van der Waals surface area contributed by atoms with Crippen LogP contribution < -0.4 is 15.5 Å². The van der Waals surface area contributed by atoms with E-state index in [4.69, 9.17) is 0 Å². The molecule has 2 aromatic rings. The van der Waals surface area contributed by atoms with Gasteiger partial charge < -0.3 is 15.3 Å². The number of aliphatic hydroxyl groups is 1. The first-order valence-electron chi connectivity index (χ1n) is 12.4. The fourth-order valence-electron chi connectivity index (χ4n) is 5.69. The van der Waals surface area contributed by atoms with Crippen molar-refractivity contribution in [3.63, 3.8) is 0 Å². The van der Waals surface area contributed by atoms with E-state index < -0.39 is 18.2 Å². The third kappa shape index (κ3) is 4.56. The van der Waals surface area contributed by atoms with E-state index in [1.807, 2.05) is 18.2 Å². The lowest BCUT2D eigenvalue weighted by atomic mass is 9.88. The second-order valence-corrected chi connectivity index (χ2v) is 9.76. The van der Waals surface area contributed by atoms with Crippen LogP contribution in [0.3, 0.4) is 0 Å². The minimum Gasteiger partial charge on any atom is -0.370 e. The van der Waals surface area contributed by atoms with Gasteiger partial charge in [0.15, 0.2) is 6.23 Å². The average Bonchev–Trinajstić information content (AvgIpc) is 3.12. The van der Waals surface area contributed by atoms with E-state index in [9.17, 15) is 19.5 Å². The summed E-state index contributed by atoms with van der Waals surface area (Å²) in [5.41, 5.74) is 3.10. The molecule has 2 aromatic carbocycles. The van der Waals surface area contributed by atoms with Crippen molar-refractivity contribution in [2.45, 2.75) is 69.4 Å². The number of hydrogen-bond acceptors (Lipinski definition) is 6. The SMILES string of the molecule is CN(c1ccc2c(c1)C(O)N(C1CCC(=O)NC1=O)C2=O)[C@H]1CCCC[C@@H]1NCc1ccccc1. The number of aliphatic hydroxyl groups excluding tert-OH is 1. The third-order valence-corrected chi connectivity index (χ3v) is 7.63. The van der Waals surface area contributed by atoms with Gasteiger partial charge in [0.1, 0.15) is 6.04 Å². The Morgan fingerprint density at radius 2 is 1.83 bits per heavy atom. The zero-order valence-electron chi connectivity index (χ0n) is 19.9. The number of nitrogens with zero attached hydrogens (tertiary/aromatic N) is 2. The summed E-state index contributed by atoms with van der Waals surface area (Å²) in [6.07, 6.45) is 3.65. The van der Waals surface area contributed by atoms with Crippen LogP contribution in [0.1, 0.15) is 66.2 Å². The van der Waals surface area contributed by atoms with E-state index in [-0.39, 0.29) is 30.7 Å². The number of carbonyl (C=O) groups excluding carboxylic acids is 3. The molecule has 3 amide bonds. The van der Waals surface area contributed by atoms with E-state index >= 15 is 0 Å². The molecule has 3 N–H and O–H groups in total. The number of fused-ring (bicyclic) bond motifs is 1. The fourth-order valence-corrected chi connectivity index (χ4v) is 5.69. The summed E-state index contributed by atoms with van der Waals surface area (Å²) in [5, 5.41) is 17.1. The van der Waals surface area contributed by atoms with Crippen LogP contribution in [0.2, 0.25) is 0 Å². The van der Waals surface area contributed by atoms with Crippen molar-refractivity contribution in [3.05, 3.63) is 65.2 Å². The van der Waals surface area contributed by atoms with Crippen molar-refractivity contribution in [1.82, 2.24) is 15.5 Å². The van der Waals surface area contributed by atoms with Crippen LogP contribution in [0.4, 0.5) is 5.69 Å². The Morgan fingerprint density at radius 1 is 1.06 bits per heavy atom. The molecule has 2 aliphatic heterocycles. The maximum Gasteiger partial charge on any atom is 0.257 e. The molecular weight excluding hydrogens is 444 g/mol. The van der Waals surface area contributed by atoms with E-state index in [2.05, 4.69) is 46.8 Å². The summed E-state index contributed by atoms with van der Waals surface area (Å²) >= 11 is 0. The number of anilines is 1. The molecule has 8 heteroatoms. The van der Waals surface area contributed by atoms with Crippen molar-refractivity contribution < 1.29 is 19.5 Å². The van der Waals surface area contributed by atoms with Gasteiger partial charge in [-0.2, -0.15) is 0 Å². The third-order valence-electron chi connectivity index (χ3n) is 7.63. The molecule has 2 heterocycles. The lowest BCUT2D eigenvalue weighted by Crippen LogP contribution is -2.53. The number of rotatable bonds is 6. The van der Waals surface area contributed by atoms with Crippen molar-refractivity contribution in [2.75, 3.05) is 11.9 Å². The van der Waals surface area contributed by atoms with Crippen LogP contribution in [0.5, 0.6) is 0 Å². The molecule has 0 bridgehead atoms. The Kier molecular flexibility index (Phi) is 6.58. The first-order chi connectivity index (χ1) is 16.9. The van der Waals surface area contributed by atoms with Crippen molar-refractivity contribution in [2.24, 2.45) is 0 Å². The number of carbonyl (C=O) groups is 3. The average molecular weight is 477 g/mol. The van der Waals surface area contributed by atoms with Crippen LogP contribution in [0.25, 0.3) is 0 Å². The number of imide groups is 1. The topological polar surface area (TPSA) is 102 Å². The molecule has 8 nitrogen and oxygen atoms in total. The van der Waals surface area contributed by atoms with Gasteiger partial charge in [-0.3, -0.25) is 24.6 Å². The number of likely N-dealkylation sites (N-methyl/N-ethyl adjacent to an activating group) is 1. The summed E-state index contributed by atoms with van der Waals surface area (Å²) in [6, 6.07) is 15.7. The molecule has 2 fully saturated rings. The Labute approximate surface area is 205 Å². The molecule has 0 radical (unpaired) electrons. The van der Waals surface area contributed by atoms with Gasteiger partial charge in [-0.1, -0.05) is 43.2 Å². The summed E-state index contributed by atoms with van der Waals surface area (Å²) in [5.74, 6) is -1.26. The Balaban J connectivity index is 1.33. The van der Waals surface area contributed by atoms with Gasteiger partial charge in [-0.15, -0.1) is 0 Å². The lowest BCUT2D eigenvalue weighted by molar-refractivity contribution is -0.139. The normalized spacial score (nSPS) is 26.5. The van der Waals surface area contributed by atoms with Crippen LogP contribution >= 0.6 is 0 Å². The standard InChI is InChI=1S/C27H32N4O4/c1-30(22-10-6-5-9-21(22)28-16-17-7-3-2-4-8-17)18-11-12-19-20(15-18)27(35)31(26(19)34)23-13-14-24(32)29-25(23)33/h2-4,7-8,11-12,15,21-23,27-28,35H,5-6,9-10,13-14,16H2,1H3,(H,29,32,33)/t21-,22-,23?,27?/m0/s1. The van der Waals surface area contributed by atoms with Crippen molar-refractivity contribution >= 4 is 23.4 Å². The smallest absolute Gasteiger partial charge is 0.257 e. The molecule has 35 heavy (non-hydrogen) atoms. The Bertz CT molecular complexity index is 1120. The lowest BCUT2D eigenvalue weighted by Gasteiger charge is -2.40. The van der Waals surface area contributed by atoms with Crippen molar-refractivity contribution in [1.29, 1.82) is 0 Å². The highest BCUT2D eigenvalue weighted by atomic mass is 16.3. The zero-order valence-corrected chi connectivity index (χ0v) is 19.9. The van der Waals surface area contributed by atoms with Gasteiger partial charge in [0.2, 0.25) is 11.8 Å². The first-order valence-corrected chi connectivity index (χ1v) is 12.4. The zero-order chi connectivity index (χ0) is 24.5. The summed E-state index contributed by atoms with van der Waals surface area (Å²) < 4.78 is 0. The van der Waals surface area contributed by atoms with E-state index in [0.29, 0.717) is 17.2 Å². The molecule has 184 valence electrons. The number of benzene rings is 2. The largest absolute Gasteiger partial charge is 0.370 e. The molecular formula is C27H32N4O4. The van der Waals surface area contributed by atoms with Crippen LogP contribution in [0.15, 0.2) is 48.5 Å². The summed E-state index contributed by atoms with van der Waals surface area (Å²) in [6.45, 7) is 0.814. The summed E-state index contributed by atoms with van der Waals surface area (Å²) in [7, 11) is 2.07. The van der Waals surface area contributed by atoms with E-state index in [1.54, 1.807) is 6.07 Å². The predicted molar refractivity (Wildman–Crippen MR) is 131 cm³/mol. The monoisotopic (exact) mass is 476 g/mol. The van der Waals surface area contributed by atoms with Crippen LogP contribution in [-0.2, 0) is 16.1 Å². The Morgan fingerprint density at radius 3 is 2.60 bits per heavy atom. The number of piperidine rings is 1. The van der Waals surface area contributed by atoms with Gasteiger partial charge in [0, 0.05) is 48.9 Å². The molecule has 0 aromatic heterocycles. The van der Waals surface area contributed by atoms with Gasteiger partial charge in [-0.05, 0) is 43.0 Å². The quantitative estimate of drug-likeness (QED) is 0.554. The van der Waals surface area contributed by atoms with E-state index in [0.717, 1.165) is 31.5 Å². The summed E-state index contributed by atoms with van der Waals surface area (Å²) in [4.78, 5) is 40.4. The van der Waals surface area contributed by atoms with Gasteiger partial charge >= 0.3 is 0 Å². The highest BCUT2D eigenvalue weighted by Gasteiger charge is 2.44. The minimum atomic E-state index is -1.21. The maximum atomic E-state index is 13.1. The molecule has 3 aliphatic rings. The molecule has 1 saturated heterocycles. The predicted octanol–water partition coefficient (Wildman–Crippen LogP) is 2.48. The molecule has 1 saturated carbocycles. The van der Waals surface area contributed by atoms with Crippen LogP contribution in [-0.4, -0.2) is 52.9 Å². The fraction of sp³-hybridized carbons (Fsp3) is 0.444. The Hall–Kier alpha value is -3.23. The second kappa shape index (κ2) is 9.79. The highest BCUT2D eigenvalue weighted by molar-refractivity contribution is 6.05. The van der Waals surface area contributed by atoms with Crippen LogP contribution in [0, 0.1) is 0 Å². The molecule has 5 rings (SSSR count). The van der Waals surface area contributed by atoms with Crippen molar-refractivity contribution in [3.8, 4) is 0 Å². The highest BCUT2D eigenvalue weighted by Crippen LogP contribution is 2.38. The van der Waals surface area contributed by atoms with Gasteiger partial charge in [-0.25, -0.2) is 0 Å². The first kappa shape index (κ1) is 23.5. The van der Waals surface area contributed by atoms with Gasteiger partial charge in [0.05, 0.1) is 0 Å². The number of nitrogens with one attached hydrogen (secondary N) is 2. The molecule has 2 unspecified atom stereocenters. The van der Waals surface area contributed by atoms with E-state index in [1.165, 1.54) is 16.9 Å². The number of hydrogen-bond donors (Lipinski definition) is 3. The molecule has 4 atom stereocenters. The van der Waals surface area contributed by atoms with Gasteiger partial charge in [0.25, 0.3) is 5.91 Å².